The molecule has 0 aliphatic carbocycles. The maximum atomic E-state index is 11.6. The summed E-state index contributed by atoms with van der Waals surface area (Å²) in [5.41, 5.74) is 5.68. The minimum atomic E-state index is -1.99. The summed E-state index contributed by atoms with van der Waals surface area (Å²) >= 11 is 3.51. The van der Waals surface area contributed by atoms with Crippen LogP contribution >= 0.6 is 15.9 Å². The number of carbonyl (C=O) groups is 1. The van der Waals surface area contributed by atoms with Gasteiger partial charge in [-0.1, -0.05) is 48.8 Å². The molecule has 0 saturated heterocycles. The van der Waals surface area contributed by atoms with Crippen LogP contribution < -0.4 is 10.5 Å². The van der Waals surface area contributed by atoms with Gasteiger partial charge in [0.15, 0.2) is 8.32 Å². The van der Waals surface area contributed by atoms with E-state index < -0.39 is 14.2 Å². The number of rotatable bonds is 9. The molecule has 0 unspecified atom stereocenters. The van der Waals surface area contributed by atoms with E-state index in [1.165, 1.54) is 0 Å². The number of hydrogen-bond donors (Lipinski definition) is 1. The zero-order chi connectivity index (χ0) is 24.4. The van der Waals surface area contributed by atoms with Crippen molar-refractivity contribution in [1.82, 2.24) is 9.55 Å². The molecule has 178 valence electrons. The first-order chi connectivity index (χ1) is 15.4. The average Bonchev–Trinajstić information content (AvgIpc) is 3.20. The summed E-state index contributed by atoms with van der Waals surface area (Å²) in [5.74, 6) is 0.287. The van der Waals surface area contributed by atoms with Gasteiger partial charge in [-0.05, 0) is 60.1 Å². The molecule has 0 bridgehead atoms. The summed E-state index contributed by atoms with van der Waals surface area (Å²) in [5, 5.41) is 2.38. The van der Waals surface area contributed by atoms with Crippen LogP contribution in [0, 0.1) is 0 Å². The highest BCUT2D eigenvalue weighted by Gasteiger charge is 2.40. The van der Waals surface area contributed by atoms with Gasteiger partial charge in [-0.3, -0.25) is 4.79 Å². The predicted molar refractivity (Wildman–Crippen MR) is 139 cm³/mol. The molecule has 33 heavy (non-hydrogen) atoms. The van der Waals surface area contributed by atoms with Crippen LogP contribution in [-0.4, -0.2) is 36.5 Å². The minimum absolute atomic E-state index is 0.0452. The van der Waals surface area contributed by atoms with Crippen molar-refractivity contribution < 1.29 is 14.0 Å². The molecule has 1 amide bonds. The number of ether oxygens (including phenoxy) is 1. The molecule has 6 nitrogen and oxygen atoms in total. The molecule has 3 aromatic rings. The number of nitrogens with zero attached hydrogens (tertiary/aromatic N) is 2. The maximum Gasteiger partial charge on any atom is 0.268 e. The van der Waals surface area contributed by atoms with Crippen LogP contribution in [0.1, 0.15) is 50.6 Å². The monoisotopic (exact) mass is 531 g/mol. The summed E-state index contributed by atoms with van der Waals surface area (Å²) in [4.78, 5) is 15.8. The Morgan fingerprint density at radius 3 is 2.48 bits per heavy atom. The molecule has 2 N–H and O–H groups in total. The number of carbonyl (C=O) groups excluding carboxylic acids is 1. The Balaban J connectivity index is 1.76. The van der Waals surface area contributed by atoms with Crippen molar-refractivity contribution in [3.63, 3.8) is 0 Å². The van der Waals surface area contributed by atoms with Gasteiger partial charge in [0.1, 0.15) is 11.4 Å². The number of benzene rings is 2. The highest BCUT2D eigenvalue weighted by atomic mass is 79.9. The third-order valence-electron chi connectivity index (χ3n) is 6.52. The molecule has 1 aromatic heterocycles. The minimum Gasteiger partial charge on any atom is -0.493 e. The quantitative estimate of drug-likeness (QED) is 0.327. The number of imidazole rings is 1. The zero-order valence-electron chi connectivity index (χ0n) is 20.3. The van der Waals surface area contributed by atoms with Gasteiger partial charge in [0, 0.05) is 17.1 Å². The molecule has 0 fully saturated rings. The fourth-order valence-electron chi connectivity index (χ4n) is 3.57. The summed E-state index contributed by atoms with van der Waals surface area (Å²) in [6.07, 6.45) is 3.97. The van der Waals surface area contributed by atoms with Gasteiger partial charge in [0.2, 0.25) is 0 Å². The second-order valence-corrected chi connectivity index (χ2v) is 15.7. The molecule has 8 heteroatoms. The molecule has 2 aromatic carbocycles. The lowest BCUT2D eigenvalue weighted by molar-refractivity contribution is 0.0994. The SMILES string of the molecule is C[C@H](O[Si](C)(C)C(C)(C)C)[C@@H](CCOc1ccc2cc(Br)ccc2c1)n1cnc(C(N)=O)c1. The van der Waals surface area contributed by atoms with Crippen molar-refractivity contribution in [3.8, 4) is 5.75 Å². The molecule has 0 saturated carbocycles. The smallest absolute Gasteiger partial charge is 0.268 e. The van der Waals surface area contributed by atoms with E-state index in [0.29, 0.717) is 13.0 Å². The van der Waals surface area contributed by atoms with E-state index in [1.807, 2.05) is 16.7 Å². The fraction of sp³-hybridized carbons (Fsp3) is 0.440. The molecule has 0 aliphatic heterocycles. The van der Waals surface area contributed by atoms with Crippen LogP contribution in [-0.2, 0) is 4.43 Å². The Labute approximate surface area is 205 Å². The van der Waals surface area contributed by atoms with E-state index in [2.05, 4.69) is 86.0 Å². The molecule has 3 rings (SSSR count). The summed E-state index contributed by atoms with van der Waals surface area (Å²) in [6.45, 7) is 13.8. The van der Waals surface area contributed by atoms with Crippen molar-refractivity contribution >= 4 is 40.9 Å². The Morgan fingerprint density at radius 2 is 1.85 bits per heavy atom. The second kappa shape index (κ2) is 9.99. The van der Waals surface area contributed by atoms with Crippen LogP contribution in [0.15, 0.2) is 53.4 Å². The van der Waals surface area contributed by atoms with Gasteiger partial charge in [-0.25, -0.2) is 4.98 Å². The Hall–Kier alpha value is -2.16. The van der Waals surface area contributed by atoms with Crippen molar-refractivity contribution in [1.29, 1.82) is 0 Å². The lowest BCUT2D eigenvalue weighted by atomic mass is 10.1. The lowest BCUT2D eigenvalue weighted by Crippen LogP contribution is -2.45. The van der Waals surface area contributed by atoms with Crippen LogP contribution in [0.25, 0.3) is 10.8 Å². The predicted octanol–water partition coefficient (Wildman–Crippen LogP) is 6.32. The molecule has 0 aliphatic rings. The van der Waals surface area contributed by atoms with E-state index >= 15 is 0 Å². The first kappa shape index (κ1) is 25.5. The van der Waals surface area contributed by atoms with Crippen molar-refractivity contribution in [2.24, 2.45) is 5.73 Å². The van der Waals surface area contributed by atoms with E-state index in [4.69, 9.17) is 14.9 Å². The van der Waals surface area contributed by atoms with E-state index in [-0.39, 0.29) is 22.9 Å². The molecular weight excluding hydrogens is 498 g/mol. The zero-order valence-corrected chi connectivity index (χ0v) is 22.8. The van der Waals surface area contributed by atoms with E-state index in [9.17, 15) is 4.79 Å². The van der Waals surface area contributed by atoms with E-state index in [1.54, 1.807) is 12.5 Å². The largest absolute Gasteiger partial charge is 0.493 e. The Kier molecular flexibility index (Phi) is 7.71. The van der Waals surface area contributed by atoms with Crippen molar-refractivity contribution in [2.45, 2.75) is 64.4 Å². The number of primary amides is 1. The number of nitrogens with two attached hydrogens (primary N) is 1. The molecule has 0 spiro atoms. The second-order valence-electron chi connectivity index (χ2n) is 10.0. The van der Waals surface area contributed by atoms with Gasteiger partial charge in [0.05, 0.1) is 25.1 Å². The van der Waals surface area contributed by atoms with Crippen molar-refractivity contribution in [3.05, 3.63) is 59.1 Å². The number of amides is 1. The highest BCUT2D eigenvalue weighted by Crippen LogP contribution is 2.39. The molecule has 1 heterocycles. The van der Waals surface area contributed by atoms with Gasteiger partial charge in [-0.15, -0.1) is 0 Å². The van der Waals surface area contributed by atoms with Crippen LogP contribution in [0.3, 0.4) is 0 Å². The molecule has 2 atom stereocenters. The standard InChI is InChI=1S/C25H34BrN3O3Si/c1-17(32-33(5,6)25(2,3)4)23(29-15-22(24(27)30)28-16-29)11-12-31-21-10-8-18-13-20(26)9-7-19(18)14-21/h7-10,13-17,23H,11-12H2,1-6H3,(H2,27,30)/t17-,23+/m0/s1. The van der Waals surface area contributed by atoms with Gasteiger partial charge in [-0.2, -0.15) is 0 Å². The van der Waals surface area contributed by atoms with Gasteiger partial charge < -0.3 is 19.5 Å². The van der Waals surface area contributed by atoms with Crippen LogP contribution in [0.5, 0.6) is 5.75 Å². The molecular formula is C25H34BrN3O3Si. The van der Waals surface area contributed by atoms with Crippen LogP contribution in [0.4, 0.5) is 0 Å². The van der Waals surface area contributed by atoms with Crippen molar-refractivity contribution in [2.75, 3.05) is 6.61 Å². The number of halogens is 1. The third kappa shape index (κ3) is 6.25. The molecule has 0 radical (unpaired) electrons. The number of hydrogen-bond acceptors (Lipinski definition) is 4. The first-order valence-corrected chi connectivity index (χ1v) is 14.9. The number of fused-ring (bicyclic) bond motifs is 1. The topological polar surface area (TPSA) is 79.4 Å². The van der Waals surface area contributed by atoms with Crippen LogP contribution in [0.2, 0.25) is 18.1 Å². The normalized spacial score (nSPS) is 14.3. The van der Waals surface area contributed by atoms with Gasteiger partial charge >= 0.3 is 0 Å². The average molecular weight is 533 g/mol. The number of aromatic nitrogens is 2. The third-order valence-corrected chi connectivity index (χ3v) is 11.6. The van der Waals surface area contributed by atoms with E-state index in [0.717, 1.165) is 21.0 Å². The lowest BCUT2D eigenvalue weighted by Gasteiger charge is -2.40. The first-order valence-electron chi connectivity index (χ1n) is 11.2. The van der Waals surface area contributed by atoms with Gasteiger partial charge in [0.25, 0.3) is 5.91 Å². The summed E-state index contributed by atoms with van der Waals surface area (Å²) < 4.78 is 15.8. The Bertz CT molecular complexity index is 1120. The highest BCUT2D eigenvalue weighted by molar-refractivity contribution is 9.10. The maximum absolute atomic E-state index is 11.6. The Morgan fingerprint density at radius 1 is 1.18 bits per heavy atom. The fourth-order valence-corrected chi connectivity index (χ4v) is 5.39. The summed E-state index contributed by atoms with van der Waals surface area (Å²) in [6, 6.07) is 12.2. The summed E-state index contributed by atoms with van der Waals surface area (Å²) in [7, 11) is -1.99.